The van der Waals surface area contributed by atoms with Crippen LogP contribution in [0.4, 0.5) is 14.5 Å². The van der Waals surface area contributed by atoms with Crippen LogP contribution in [0.25, 0.3) is 5.78 Å². The molecule has 11 heteroatoms. The Balaban J connectivity index is 1.61. The molecule has 7 nitrogen and oxygen atoms in total. The van der Waals surface area contributed by atoms with E-state index in [-0.39, 0.29) is 22.4 Å². The normalized spacial score (nSPS) is 11.2. The summed E-state index contributed by atoms with van der Waals surface area (Å²) in [5, 5.41) is 7.32. The van der Waals surface area contributed by atoms with Gasteiger partial charge in [0.15, 0.2) is 0 Å². The van der Waals surface area contributed by atoms with Crippen molar-refractivity contribution in [2.45, 2.75) is 25.6 Å². The number of anilines is 1. The highest BCUT2D eigenvalue weighted by Crippen LogP contribution is 2.29. The van der Waals surface area contributed by atoms with Gasteiger partial charge in [-0.15, -0.1) is 5.10 Å². The van der Waals surface area contributed by atoms with Crippen LogP contribution in [0, 0.1) is 13.8 Å². The van der Waals surface area contributed by atoms with Crippen LogP contribution in [0.15, 0.2) is 29.4 Å². The summed E-state index contributed by atoms with van der Waals surface area (Å²) < 4.78 is 30.3. The predicted octanol–water partition coefficient (Wildman–Crippen LogP) is 3.73. The van der Waals surface area contributed by atoms with Gasteiger partial charge in [-0.05, 0) is 38.1 Å². The van der Waals surface area contributed by atoms with Crippen LogP contribution >= 0.6 is 23.4 Å². The van der Waals surface area contributed by atoms with E-state index >= 15 is 0 Å². The van der Waals surface area contributed by atoms with Gasteiger partial charge in [0.1, 0.15) is 5.75 Å². The summed E-state index contributed by atoms with van der Waals surface area (Å²) in [5.74, 6) is 0.0446. The Kier molecular flexibility index (Phi) is 5.76. The molecule has 1 N–H and O–H groups in total. The van der Waals surface area contributed by atoms with E-state index in [1.807, 2.05) is 19.9 Å². The van der Waals surface area contributed by atoms with Crippen molar-refractivity contribution in [3.05, 3.63) is 40.7 Å². The van der Waals surface area contributed by atoms with Crippen molar-refractivity contribution >= 4 is 40.7 Å². The standard InChI is InChI=1S/C16H14ClF2N5O2S/c1-8-5-9(2)24-15(20-8)22-16(23-24)27-7-13(25)21-10-3-4-12(11(17)6-10)26-14(18)19/h3-6,14H,7H2,1-2H3,(H,21,25). The van der Waals surface area contributed by atoms with E-state index in [1.165, 1.54) is 18.2 Å². The minimum atomic E-state index is -2.97. The smallest absolute Gasteiger partial charge is 0.387 e. The SMILES string of the molecule is Cc1cc(C)n2nc(SCC(=O)Nc3ccc(OC(F)F)c(Cl)c3)nc2n1. The van der Waals surface area contributed by atoms with Gasteiger partial charge in [0.2, 0.25) is 11.1 Å². The number of nitrogens with zero attached hydrogens (tertiary/aromatic N) is 4. The number of alkyl halides is 2. The zero-order valence-corrected chi connectivity index (χ0v) is 15.8. The first kappa shape index (κ1) is 19.3. The second-order valence-electron chi connectivity index (χ2n) is 5.51. The lowest BCUT2D eigenvalue weighted by Gasteiger charge is -2.09. The van der Waals surface area contributed by atoms with Gasteiger partial charge in [-0.3, -0.25) is 4.79 Å². The molecule has 0 aliphatic carbocycles. The molecule has 2 heterocycles. The lowest BCUT2D eigenvalue weighted by atomic mass is 10.3. The average Bonchev–Trinajstić information content (AvgIpc) is 2.98. The van der Waals surface area contributed by atoms with Crippen molar-refractivity contribution in [3.63, 3.8) is 0 Å². The number of thioether (sulfide) groups is 1. The number of benzene rings is 1. The van der Waals surface area contributed by atoms with Crippen LogP contribution in [0.5, 0.6) is 5.75 Å². The van der Waals surface area contributed by atoms with Gasteiger partial charge in [0.05, 0.1) is 10.8 Å². The van der Waals surface area contributed by atoms with Gasteiger partial charge in [0, 0.05) is 17.1 Å². The van der Waals surface area contributed by atoms with Gasteiger partial charge in [-0.1, -0.05) is 23.4 Å². The molecule has 0 spiro atoms. The first-order chi connectivity index (χ1) is 12.8. The number of hydrogen-bond donors (Lipinski definition) is 1. The Labute approximate surface area is 162 Å². The summed E-state index contributed by atoms with van der Waals surface area (Å²) in [6, 6.07) is 5.90. The second-order valence-corrected chi connectivity index (χ2v) is 6.86. The van der Waals surface area contributed by atoms with Crippen molar-refractivity contribution in [1.82, 2.24) is 19.6 Å². The molecule has 0 aliphatic rings. The molecule has 0 unspecified atom stereocenters. The molecule has 0 radical (unpaired) electrons. The molecule has 1 amide bonds. The number of fused-ring (bicyclic) bond motifs is 1. The Morgan fingerprint density at radius 3 is 2.81 bits per heavy atom. The monoisotopic (exact) mass is 413 g/mol. The largest absolute Gasteiger partial charge is 0.433 e. The average molecular weight is 414 g/mol. The summed E-state index contributed by atoms with van der Waals surface area (Å²) in [7, 11) is 0. The van der Waals surface area contributed by atoms with E-state index in [2.05, 4.69) is 25.1 Å². The fourth-order valence-electron chi connectivity index (χ4n) is 2.31. The number of ether oxygens (including phenoxy) is 1. The van der Waals surface area contributed by atoms with Crippen LogP contribution in [-0.2, 0) is 4.79 Å². The van der Waals surface area contributed by atoms with E-state index in [0.29, 0.717) is 16.6 Å². The van der Waals surface area contributed by atoms with Crippen LogP contribution in [0.2, 0.25) is 5.02 Å². The summed E-state index contributed by atoms with van der Waals surface area (Å²) in [4.78, 5) is 20.7. The van der Waals surface area contributed by atoms with Crippen LogP contribution in [0.1, 0.15) is 11.4 Å². The summed E-state index contributed by atoms with van der Waals surface area (Å²) in [6.45, 7) is 0.784. The lowest BCUT2D eigenvalue weighted by molar-refractivity contribution is -0.113. The molecule has 0 saturated carbocycles. The molecule has 0 aliphatic heterocycles. The number of hydrogen-bond acceptors (Lipinski definition) is 6. The number of carbonyl (C=O) groups excluding carboxylic acids is 1. The van der Waals surface area contributed by atoms with E-state index in [1.54, 1.807) is 4.52 Å². The van der Waals surface area contributed by atoms with E-state index in [9.17, 15) is 13.6 Å². The Hall–Kier alpha value is -2.46. The Morgan fingerprint density at radius 2 is 2.11 bits per heavy atom. The predicted molar refractivity (Wildman–Crippen MR) is 97.7 cm³/mol. The molecule has 0 bridgehead atoms. The van der Waals surface area contributed by atoms with Crippen LogP contribution < -0.4 is 10.1 Å². The first-order valence-corrected chi connectivity index (χ1v) is 9.06. The van der Waals surface area contributed by atoms with Crippen molar-refractivity contribution in [2.75, 3.05) is 11.1 Å². The minimum absolute atomic E-state index is 0.0281. The van der Waals surface area contributed by atoms with E-state index in [4.69, 9.17) is 11.6 Å². The summed E-state index contributed by atoms with van der Waals surface area (Å²) in [5.41, 5.74) is 2.09. The Bertz CT molecular complexity index is 998. The van der Waals surface area contributed by atoms with Crippen molar-refractivity contribution in [1.29, 1.82) is 0 Å². The highest BCUT2D eigenvalue weighted by Gasteiger charge is 2.13. The number of aromatic nitrogens is 4. The third-order valence-corrected chi connectivity index (χ3v) is 4.50. The van der Waals surface area contributed by atoms with Crippen molar-refractivity contribution < 1.29 is 18.3 Å². The molecule has 1 aromatic carbocycles. The van der Waals surface area contributed by atoms with Crippen molar-refractivity contribution in [3.8, 4) is 5.75 Å². The fraction of sp³-hybridized carbons (Fsp3) is 0.250. The number of halogens is 3. The minimum Gasteiger partial charge on any atom is -0.433 e. The summed E-state index contributed by atoms with van der Waals surface area (Å²) in [6.07, 6.45) is 0. The zero-order valence-electron chi connectivity index (χ0n) is 14.2. The van der Waals surface area contributed by atoms with Gasteiger partial charge < -0.3 is 10.1 Å². The molecule has 3 rings (SSSR count). The van der Waals surface area contributed by atoms with E-state index in [0.717, 1.165) is 23.1 Å². The third kappa shape index (κ3) is 4.83. The highest BCUT2D eigenvalue weighted by molar-refractivity contribution is 7.99. The van der Waals surface area contributed by atoms with Gasteiger partial charge in [-0.2, -0.15) is 13.8 Å². The molecule has 3 aromatic rings. The van der Waals surface area contributed by atoms with Gasteiger partial charge in [0.25, 0.3) is 5.78 Å². The quantitative estimate of drug-likeness (QED) is 0.620. The number of nitrogens with one attached hydrogen (secondary N) is 1. The molecule has 2 aromatic heterocycles. The van der Waals surface area contributed by atoms with Gasteiger partial charge >= 0.3 is 6.61 Å². The maximum atomic E-state index is 12.2. The number of amides is 1. The topological polar surface area (TPSA) is 81.4 Å². The lowest BCUT2D eigenvalue weighted by Crippen LogP contribution is -2.14. The maximum absolute atomic E-state index is 12.2. The van der Waals surface area contributed by atoms with Crippen LogP contribution in [0.3, 0.4) is 0 Å². The molecule has 0 fully saturated rings. The highest BCUT2D eigenvalue weighted by atomic mass is 35.5. The molecular formula is C16H14ClF2N5O2S. The maximum Gasteiger partial charge on any atom is 0.387 e. The molecular weight excluding hydrogens is 400 g/mol. The molecule has 142 valence electrons. The van der Waals surface area contributed by atoms with E-state index < -0.39 is 6.61 Å². The van der Waals surface area contributed by atoms with Crippen LogP contribution in [-0.4, -0.2) is 37.9 Å². The number of carbonyl (C=O) groups is 1. The Morgan fingerprint density at radius 1 is 1.33 bits per heavy atom. The van der Waals surface area contributed by atoms with Crippen molar-refractivity contribution in [2.24, 2.45) is 0 Å². The zero-order chi connectivity index (χ0) is 19.6. The number of rotatable bonds is 6. The summed E-state index contributed by atoms with van der Waals surface area (Å²) >= 11 is 7.01. The molecule has 0 saturated heterocycles. The van der Waals surface area contributed by atoms with Gasteiger partial charge in [-0.25, -0.2) is 9.50 Å². The first-order valence-electron chi connectivity index (χ1n) is 7.70. The second kappa shape index (κ2) is 8.05. The number of aryl methyl sites for hydroxylation is 2. The molecule has 27 heavy (non-hydrogen) atoms. The fourth-order valence-corrected chi connectivity index (χ4v) is 3.15. The third-order valence-electron chi connectivity index (χ3n) is 3.36. The molecule has 0 atom stereocenters.